The molecule has 0 saturated carbocycles. The minimum absolute atomic E-state index is 0.0375. The number of H-pyrrole nitrogens is 1. The number of amides is 2. The monoisotopic (exact) mass is 550 g/mol. The Morgan fingerprint density at radius 3 is 2.34 bits per heavy atom. The Kier molecular flexibility index (Phi) is 6.64. The average molecular weight is 551 g/mol. The summed E-state index contributed by atoms with van der Waals surface area (Å²) in [7, 11) is 0. The van der Waals surface area contributed by atoms with Gasteiger partial charge in [0.15, 0.2) is 5.78 Å². The fourth-order valence-electron chi connectivity index (χ4n) is 6.18. The number of hydrogen-bond donors (Lipinski definition) is 2. The molecule has 2 fully saturated rings. The maximum Gasteiger partial charge on any atom is 0.272 e. The van der Waals surface area contributed by atoms with Crippen molar-refractivity contribution in [3.63, 3.8) is 0 Å². The zero-order chi connectivity index (χ0) is 28.9. The second-order valence-electron chi connectivity index (χ2n) is 12.3. The van der Waals surface area contributed by atoms with Gasteiger partial charge >= 0.3 is 0 Å². The summed E-state index contributed by atoms with van der Waals surface area (Å²) in [5, 5.41) is 10.6. The quantitative estimate of drug-likeness (QED) is 0.317. The molecule has 2 aliphatic rings. The fraction of sp³-hybridized carbons (Fsp3) is 0.333. The Bertz CT molecular complexity index is 1620. The van der Waals surface area contributed by atoms with Crippen LogP contribution in [0.5, 0.6) is 5.75 Å². The largest absolute Gasteiger partial charge is 0.508 e. The van der Waals surface area contributed by atoms with Gasteiger partial charge < -0.3 is 19.9 Å². The molecular weight excluding hydrogens is 516 g/mol. The fourth-order valence-corrected chi connectivity index (χ4v) is 6.18. The minimum Gasteiger partial charge on any atom is -0.508 e. The molecule has 6 rings (SSSR count). The number of hydrogen-bond acceptors (Lipinski definition) is 5. The smallest absolute Gasteiger partial charge is 0.272 e. The third-order valence-electron chi connectivity index (χ3n) is 8.51. The van der Waals surface area contributed by atoms with Crippen molar-refractivity contribution in [1.82, 2.24) is 19.8 Å². The summed E-state index contributed by atoms with van der Waals surface area (Å²) >= 11 is 0. The number of carbonyl (C=O) groups is 3. The Morgan fingerprint density at radius 2 is 1.68 bits per heavy atom. The van der Waals surface area contributed by atoms with E-state index in [1.165, 1.54) is 0 Å². The van der Waals surface area contributed by atoms with Crippen LogP contribution < -0.4 is 0 Å². The zero-order valence-electron chi connectivity index (χ0n) is 23.5. The van der Waals surface area contributed by atoms with Gasteiger partial charge in [-0.15, -0.1) is 0 Å². The van der Waals surface area contributed by atoms with Crippen molar-refractivity contribution in [3.05, 3.63) is 84.3 Å². The summed E-state index contributed by atoms with van der Waals surface area (Å²) in [4.78, 5) is 51.8. The Hall–Kier alpha value is -4.46. The number of ketones is 1. The lowest BCUT2D eigenvalue weighted by atomic mass is 9.76. The van der Waals surface area contributed by atoms with Gasteiger partial charge in [-0.1, -0.05) is 57.2 Å². The first-order valence-corrected chi connectivity index (χ1v) is 14.1. The molecule has 4 aromatic rings. The van der Waals surface area contributed by atoms with Crippen LogP contribution in [0.2, 0.25) is 0 Å². The van der Waals surface area contributed by atoms with Gasteiger partial charge in [0.2, 0.25) is 5.91 Å². The SMILES string of the molecule is CC(C)(C)[C@H](CC(=O)c1cc2ccc(O)cc2[nH]1)C(=O)N1C[C@@H]2C[C@H]1CN2C(=O)c1ccc(-c2ccccc2)cn1. The van der Waals surface area contributed by atoms with E-state index in [4.69, 9.17) is 0 Å². The van der Waals surface area contributed by atoms with Crippen molar-refractivity contribution >= 4 is 28.5 Å². The van der Waals surface area contributed by atoms with Crippen molar-refractivity contribution in [2.75, 3.05) is 13.1 Å². The van der Waals surface area contributed by atoms with E-state index >= 15 is 0 Å². The number of pyridine rings is 1. The van der Waals surface area contributed by atoms with E-state index in [1.807, 2.05) is 67.0 Å². The number of rotatable bonds is 6. The summed E-state index contributed by atoms with van der Waals surface area (Å²) in [6.45, 7) is 6.89. The number of likely N-dealkylation sites (tertiary alicyclic amines) is 2. The first-order valence-electron chi connectivity index (χ1n) is 14.1. The van der Waals surface area contributed by atoms with Crippen molar-refractivity contribution in [2.45, 2.75) is 45.7 Å². The number of fused-ring (bicyclic) bond motifs is 3. The third kappa shape index (κ3) is 5.10. The highest BCUT2D eigenvalue weighted by Gasteiger charge is 2.50. The number of nitrogens with one attached hydrogen (secondary N) is 1. The Labute approximate surface area is 239 Å². The number of aromatic amines is 1. The Balaban J connectivity index is 1.13. The van der Waals surface area contributed by atoms with Gasteiger partial charge in [-0.05, 0) is 41.7 Å². The van der Waals surface area contributed by atoms with Gasteiger partial charge in [0.1, 0.15) is 11.4 Å². The highest BCUT2D eigenvalue weighted by atomic mass is 16.3. The average Bonchev–Trinajstić information content (AvgIpc) is 3.69. The topological polar surface area (TPSA) is 107 Å². The first kappa shape index (κ1) is 26.7. The molecule has 0 unspecified atom stereocenters. The molecule has 0 radical (unpaired) electrons. The second-order valence-corrected chi connectivity index (χ2v) is 12.3. The number of nitrogens with zero attached hydrogens (tertiary/aromatic N) is 3. The molecule has 0 spiro atoms. The molecule has 210 valence electrons. The van der Waals surface area contributed by atoms with Crippen LogP contribution in [0.1, 0.15) is 54.6 Å². The van der Waals surface area contributed by atoms with E-state index in [9.17, 15) is 19.5 Å². The number of carbonyl (C=O) groups excluding carboxylic acids is 3. The summed E-state index contributed by atoms with van der Waals surface area (Å²) in [6.07, 6.45) is 2.54. The molecule has 2 saturated heterocycles. The van der Waals surface area contributed by atoms with E-state index < -0.39 is 11.3 Å². The van der Waals surface area contributed by atoms with Crippen molar-refractivity contribution < 1.29 is 19.5 Å². The highest BCUT2D eigenvalue weighted by Crippen LogP contribution is 2.38. The highest BCUT2D eigenvalue weighted by molar-refractivity contribution is 6.01. The number of benzene rings is 2. The molecule has 0 aliphatic carbocycles. The number of piperazine rings is 1. The van der Waals surface area contributed by atoms with Crippen LogP contribution in [-0.4, -0.2) is 67.6 Å². The molecule has 2 amide bonds. The molecule has 4 heterocycles. The van der Waals surface area contributed by atoms with Gasteiger partial charge in [0.05, 0.1) is 23.7 Å². The standard InChI is InChI=1S/C33H34N4O4/c1-33(2,3)26(16-30(39)29-13-21-9-11-25(38)15-28(21)35-29)31(40)36-18-24-14-23(36)19-37(24)32(41)27-12-10-22(17-34-27)20-7-5-4-6-8-20/h4-13,15,17,23-24,26,35,38H,14,16,18-19H2,1-3H3/t23-,24-,26+/m0/s1. The third-order valence-corrected chi connectivity index (χ3v) is 8.51. The number of phenolic OH excluding ortho intramolecular Hbond substituents is 1. The van der Waals surface area contributed by atoms with Gasteiger partial charge in [0.25, 0.3) is 5.91 Å². The predicted molar refractivity (Wildman–Crippen MR) is 156 cm³/mol. The van der Waals surface area contributed by atoms with Crippen LogP contribution in [0.4, 0.5) is 0 Å². The molecular formula is C33H34N4O4. The van der Waals surface area contributed by atoms with Crippen LogP contribution in [0.25, 0.3) is 22.0 Å². The molecule has 2 aromatic carbocycles. The number of Topliss-reactive ketones (excluding diaryl/α,β-unsaturated/α-hetero) is 1. The van der Waals surface area contributed by atoms with Crippen LogP contribution in [0.3, 0.4) is 0 Å². The summed E-state index contributed by atoms with van der Waals surface area (Å²) in [6, 6.07) is 20.2. The lowest BCUT2D eigenvalue weighted by molar-refractivity contribution is -0.141. The minimum atomic E-state index is -0.509. The number of phenols is 1. The van der Waals surface area contributed by atoms with E-state index in [2.05, 4.69) is 9.97 Å². The van der Waals surface area contributed by atoms with Gasteiger partial charge in [-0.25, -0.2) is 0 Å². The van der Waals surface area contributed by atoms with Gasteiger partial charge in [-0.3, -0.25) is 19.4 Å². The Morgan fingerprint density at radius 1 is 0.951 bits per heavy atom. The van der Waals surface area contributed by atoms with Crippen molar-refractivity contribution in [3.8, 4) is 16.9 Å². The van der Waals surface area contributed by atoms with E-state index in [0.717, 1.165) is 22.9 Å². The van der Waals surface area contributed by atoms with Crippen molar-refractivity contribution in [1.29, 1.82) is 0 Å². The molecule has 2 aliphatic heterocycles. The molecule has 2 N–H and O–H groups in total. The maximum absolute atomic E-state index is 13.9. The molecule has 3 atom stereocenters. The maximum atomic E-state index is 13.9. The number of aromatic hydroxyl groups is 1. The summed E-state index contributed by atoms with van der Waals surface area (Å²) in [5.74, 6) is -0.676. The predicted octanol–water partition coefficient (Wildman–Crippen LogP) is 5.30. The summed E-state index contributed by atoms with van der Waals surface area (Å²) in [5.41, 5.74) is 3.08. The van der Waals surface area contributed by atoms with Crippen LogP contribution in [0.15, 0.2) is 72.9 Å². The molecule has 8 nitrogen and oxygen atoms in total. The zero-order valence-corrected chi connectivity index (χ0v) is 23.5. The number of aromatic nitrogens is 2. The van der Waals surface area contributed by atoms with E-state index in [-0.39, 0.29) is 41.9 Å². The lowest BCUT2D eigenvalue weighted by Crippen LogP contribution is -2.53. The second kappa shape index (κ2) is 10.2. The first-order chi connectivity index (χ1) is 19.6. The van der Waals surface area contributed by atoms with Crippen LogP contribution in [-0.2, 0) is 4.79 Å². The molecule has 2 aromatic heterocycles. The lowest BCUT2D eigenvalue weighted by Gasteiger charge is -2.39. The summed E-state index contributed by atoms with van der Waals surface area (Å²) < 4.78 is 0. The van der Waals surface area contributed by atoms with E-state index in [0.29, 0.717) is 30.0 Å². The molecule has 41 heavy (non-hydrogen) atoms. The van der Waals surface area contributed by atoms with Crippen molar-refractivity contribution in [2.24, 2.45) is 11.3 Å². The van der Waals surface area contributed by atoms with E-state index in [1.54, 1.807) is 36.5 Å². The van der Waals surface area contributed by atoms with Crippen LogP contribution >= 0.6 is 0 Å². The van der Waals surface area contributed by atoms with Gasteiger partial charge in [0, 0.05) is 48.2 Å². The normalized spacial score (nSPS) is 19.1. The molecule has 2 bridgehead atoms. The molecule has 8 heteroatoms. The van der Waals surface area contributed by atoms with Gasteiger partial charge in [-0.2, -0.15) is 0 Å². The van der Waals surface area contributed by atoms with Crippen LogP contribution in [0, 0.1) is 11.3 Å².